The number of ether oxygens (including phenoxy) is 2. The van der Waals surface area contributed by atoms with Crippen molar-refractivity contribution in [2.24, 2.45) is 0 Å². The largest absolute Gasteiger partial charge is 0.355 e. The van der Waals surface area contributed by atoms with E-state index in [2.05, 4.69) is 4.72 Å². The third-order valence-corrected chi connectivity index (χ3v) is 3.98. The highest BCUT2D eigenvalue weighted by Crippen LogP contribution is 2.15. The molecule has 1 rings (SSSR count). The lowest BCUT2D eigenvalue weighted by Crippen LogP contribution is -2.34. The highest BCUT2D eigenvalue weighted by atomic mass is 32.2. The van der Waals surface area contributed by atoms with E-state index in [4.69, 9.17) is 9.47 Å². The molecule has 18 heavy (non-hydrogen) atoms. The van der Waals surface area contributed by atoms with Gasteiger partial charge in [0.25, 0.3) is 0 Å². The number of nitrogens with one attached hydrogen (secondary N) is 1. The zero-order valence-corrected chi connectivity index (χ0v) is 11.3. The normalized spacial score (nSPS) is 12.1. The van der Waals surface area contributed by atoms with Gasteiger partial charge in [-0.1, -0.05) is 0 Å². The minimum atomic E-state index is -3.70. The van der Waals surface area contributed by atoms with E-state index < -0.39 is 22.1 Å². The van der Waals surface area contributed by atoms with Crippen LogP contribution in [0.3, 0.4) is 0 Å². The second-order valence-corrected chi connectivity index (χ2v) is 5.40. The van der Waals surface area contributed by atoms with Crippen LogP contribution in [0.1, 0.15) is 5.56 Å². The molecule has 1 N–H and O–H groups in total. The van der Waals surface area contributed by atoms with Crippen molar-refractivity contribution in [3.05, 3.63) is 29.6 Å². The van der Waals surface area contributed by atoms with Crippen LogP contribution in [0, 0.1) is 12.7 Å². The molecule has 0 radical (unpaired) electrons. The minimum absolute atomic E-state index is 0.0217. The highest BCUT2D eigenvalue weighted by molar-refractivity contribution is 7.89. The molecule has 0 aliphatic rings. The lowest BCUT2D eigenvalue weighted by molar-refractivity contribution is -0.0960. The maximum absolute atomic E-state index is 12.9. The first-order chi connectivity index (χ1) is 8.40. The van der Waals surface area contributed by atoms with Crippen LogP contribution in [0.4, 0.5) is 4.39 Å². The molecule has 0 saturated carbocycles. The summed E-state index contributed by atoms with van der Waals surface area (Å²) >= 11 is 0. The number of hydrogen-bond donors (Lipinski definition) is 1. The number of hydrogen-bond acceptors (Lipinski definition) is 4. The lowest BCUT2D eigenvalue weighted by Gasteiger charge is -2.15. The van der Waals surface area contributed by atoms with E-state index in [9.17, 15) is 12.8 Å². The zero-order valence-electron chi connectivity index (χ0n) is 10.4. The Morgan fingerprint density at radius 2 is 1.94 bits per heavy atom. The predicted octanol–water partition coefficient (Wildman–Crippen LogP) is 1.03. The van der Waals surface area contributed by atoms with Gasteiger partial charge in [0.15, 0.2) is 6.29 Å². The quantitative estimate of drug-likeness (QED) is 0.789. The maximum atomic E-state index is 12.9. The van der Waals surface area contributed by atoms with E-state index in [1.165, 1.54) is 33.3 Å². The molecule has 0 atom stereocenters. The fraction of sp³-hybridized carbons (Fsp3) is 0.455. The van der Waals surface area contributed by atoms with Gasteiger partial charge < -0.3 is 9.47 Å². The van der Waals surface area contributed by atoms with Crippen molar-refractivity contribution in [2.45, 2.75) is 18.1 Å². The van der Waals surface area contributed by atoms with Gasteiger partial charge in [-0.05, 0) is 30.7 Å². The summed E-state index contributed by atoms with van der Waals surface area (Å²) < 4.78 is 48.9. The average Bonchev–Trinajstić information content (AvgIpc) is 2.29. The smallest absolute Gasteiger partial charge is 0.241 e. The van der Waals surface area contributed by atoms with Gasteiger partial charge in [0.05, 0.1) is 11.4 Å². The Morgan fingerprint density at radius 3 is 2.44 bits per heavy atom. The first-order valence-corrected chi connectivity index (χ1v) is 6.70. The second-order valence-electron chi connectivity index (χ2n) is 3.66. The van der Waals surface area contributed by atoms with Crippen molar-refractivity contribution in [1.29, 1.82) is 0 Å². The van der Waals surface area contributed by atoms with Gasteiger partial charge in [-0.15, -0.1) is 0 Å². The first-order valence-electron chi connectivity index (χ1n) is 5.22. The summed E-state index contributed by atoms with van der Waals surface area (Å²) in [6, 6.07) is 3.49. The van der Waals surface area contributed by atoms with Crippen LogP contribution in [0.2, 0.25) is 0 Å². The van der Waals surface area contributed by atoms with Crippen LogP contribution in [0.5, 0.6) is 0 Å². The molecule has 0 aliphatic carbocycles. The topological polar surface area (TPSA) is 64.6 Å². The molecule has 0 unspecified atom stereocenters. The van der Waals surface area contributed by atoms with Crippen molar-refractivity contribution in [3.8, 4) is 0 Å². The van der Waals surface area contributed by atoms with E-state index in [0.29, 0.717) is 5.56 Å². The number of methoxy groups -OCH3 is 2. The van der Waals surface area contributed by atoms with Crippen LogP contribution in [0.15, 0.2) is 23.1 Å². The number of benzene rings is 1. The predicted molar refractivity (Wildman–Crippen MR) is 64.1 cm³/mol. The molecule has 5 nitrogen and oxygen atoms in total. The SMILES string of the molecule is COC(CNS(=O)(=O)c1ccc(F)cc1C)OC. The van der Waals surface area contributed by atoms with Crippen LogP contribution >= 0.6 is 0 Å². The number of sulfonamides is 1. The molecule has 0 spiro atoms. The van der Waals surface area contributed by atoms with Crippen molar-refractivity contribution in [3.63, 3.8) is 0 Å². The molecular formula is C11H16FNO4S. The zero-order chi connectivity index (χ0) is 13.8. The van der Waals surface area contributed by atoms with Crippen LogP contribution < -0.4 is 4.72 Å². The van der Waals surface area contributed by atoms with Gasteiger partial charge in [0, 0.05) is 14.2 Å². The van der Waals surface area contributed by atoms with Crippen LogP contribution in [-0.2, 0) is 19.5 Å². The van der Waals surface area contributed by atoms with E-state index in [0.717, 1.165) is 6.07 Å². The minimum Gasteiger partial charge on any atom is -0.355 e. The highest BCUT2D eigenvalue weighted by Gasteiger charge is 2.18. The van der Waals surface area contributed by atoms with Gasteiger partial charge in [-0.25, -0.2) is 17.5 Å². The standard InChI is InChI=1S/C11H16FNO4S/c1-8-6-9(12)4-5-10(8)18(14,15)13-7-11(16-2)17-3/h4-6,11,13H,7H2,1-3H3. The first kappa shape index (κ1) is 15.0. The molecule has 0 aliphatic heterocycles. The van der Waals surface area contributed by atoms with Crippen molar-refractivity contribution in [2.75, 3.05) is 20.8 Å². The monoisotopic (exact) mass is 277 g/mol. The average molecular weight is 277 g/mol. The van der Waals surface area contributed by atoms with Gasteiger partial charge in [-0.2, -0.15) is 0 Å². The van der Waals surface area contributed by atoms with Gasteiger partial charge in [-0.3, -0.25) is 0 Å². The fourth-order valence-electron chi connectivity index (χ4n) is 1.43. The fourth-order valence-corrected chi connectivity index (χ4v) is 2.67. The molecule has 7 heteroatoms. The molecule has 0 saturated heterocycles. The second kappa shape index (κ2) is 6.24. The van der Waals surface area contributed by atoms with E-state index >= 15 is 0 Å². The van der Waals surface area contributed by atoms with Crippen molar-refractivity contribution >= 4 is 10.0 Å². The Balaban J connectivity index is 2.86. The summed E-state index contributed by atoms with van der Waals surface area (Å²) in [7, 11) is -0.883. The Kier molecular flexibility index (Phi) is 5.21. The van der Waals surface area contributed by atoms with Crippen LogP contribution in [-0.4, -0.2) is 35.5 Å². The third-order valence-electron chi connectivity index (χ3n) is 2.39. The summed E-state index contributed by atoms with van der Waals surface area (Å²) in [5, 5.41) is 0. The molecule has 0 bridgehead atoms. The maximum Gasteiger partial charge on any atom is 0.241 e. The molecule has 0 aromatic heterocycles. The van der Waals surface area contributed by atoms with Gasteiger partial charge >= 0.3 is 0 Å². The molecule has 102 valence electrons. The van der Waals surface area contributed by atoms with Crippen LogP contribution in [0.25, 0.3) is 0 Å². The summed E-state index contributed by atoms with van der Waals surface area (Å²) in [4.78, 5) is 0.0369. The molecular weight excluding hydrogens is 261 g/mol. The van der Waals surface area contributed by atoms with E-state index in [-0.39, 0.29) is 11.4 Å². The Hall–Kier alpha value is -1.02. The van der Waals surface area contributed by atoms with E-state index in [1.807, 2.05) is 0 Å². The molecule has 1 aromatic rings. The van der Waals surface area contributed by atoms with E-state index in [1.54, 1.807) is 0 Å². The lowest BCUT2D eigenvalue weighted by atomic mass is 10.2. The number of rotatable bonds is 6. The number of halogens is 1. The Bertz CT molecular complexity index is 500. The van der Waals surface area contributed by atoms with Crippen molar-refractivity contribution < 1.29 is 22.3 Å². The summed E-state index contributed by atoms with van der Waals surface area (Å²) in [6.45, 7) is 1.51. The Morgan fingerprint density at radius 1 is 1.33 bits per heavy atom. The van der Waals surface area contributed by atoms with Gasteiger partial charge in [0.1, 0.15) is 5.82 Å². The van der Waals surface area contributed by atoms with Crippen molar-refractivity contribution in [1.82, 2.24) is 4.72 Å². The van der Waals surface area contributed by atoms with Gasteiger partial charge in [0.2, 0.25) is 10.0 Å². The summed E-state index contributed by atoms with van der Waals surface area (Å²) in [5.74, 6) is -0.474. The number of aryl methyl sites for hydroxylation is 1. The molecule has 0 amide bonds. The summed E-state index contributed by atoms with van der Waals surface area (Å²) in [5.41, 5.74) is 0.342. The summed E-state index contributed by atoms with van der Waals surface area (Å²) in [6.07, 6.45) is -0.666. The molecule has 0 heterocycles. The third kappa shape index (κ3) is 3.74. The molecule has 1 aromatic carbocycles. The Labute approximate surface area is 106 Å². The molecule has 0 fully saturated rings.